The van der Waals surface area contributed by atoms with Gasteiger partial charge < -0.3 is 14.8 Å². The van der Waals surface area contributed by atoms with Crippen molar-refractivity contribution in [2.75, 3.05) is 26.9 Å². The molecule has 1 aromatic heterocycles. The van der Waals surface area contributed by atoms with E-state index in [-0.39, 0.29) is 11.8 Å². The largest absolute Gasteiger partial charge is 0.382 e. The minimum Gasteiger partial charge on any atom is -0.382 e. The van der Waals surface area contributed by atoms with E-state index >= 15 is 0 Å². The zero-order valence-electron chi connectivity index (χ0n) is 20.1. The number of nitrogens with one attached hydrogen (secondary N) is 2. The molecule has 4 rings (SSSR count). The number of aromatic amines is 1. The van der Waals surface area contributed by atoms with Crippen LogP contribution < -0.4 is 11.0 Å². The Balaban J connectivity index is 1.59. The molecule has 1 saturated heterocycles. The van der Waals surface area contributed by atoms with Crippen molar-refractivity contribution in [1.82, 2.24) is 20.1 Å². The first kappa shape index (κ1) is 25.2. The zero-order chi connectivity index (χ0) is 24.9. The lowest BCUT2D eigenvalue weighted by Crippen LogP contribution is -2.61. The van der Waals surface area contributed by atoms with Gasteiger partial charge in [-0.15, -0.1) is 0 Å². The van der Waals surface area contributed by atoms with Crippen LogP contribution in [-0.2, 0) is 33.9 Å². The summed E-state index contributed by atoms with van der Waals surface area (Å²) in [5.41, 5.74) is 1.31. The van der Waals surface area contributed by atoms with E-state index in [1.165, 1.54) is 12.4 Å². The van der Waals surface area contributed by atoms with Gasteiger partial charge in [-0.2, -0.15) is 5.10 Å². The fraction of sp³-hybridized carbons (Fsp3) is 0.462. The second-order valence-corrected chi connectivity index (χ2v) is 9.29. The maximum atomic E-state index is 13.3. The lowest BCUT2D eigenvalue weighted by atomic mass is 9.76. The van der Waals surface area contributed by atoms with Crippen molar-refractivity contribution in [3.63, 3.8) is 0 Å². The van der Waals surface area contributed by atoms with Crippen molar-refractivity contribution in [1.29, 1.82) is 0 Å². The Bertz CT molecular complexity index is 1130. The Morgan fingerprint density at radius 2 is 1.80 bits per heavy atom. The van der Waals surface area contributed by atoms with E-state index < -0.39 is 24.4 Å². The Kier molecular flexibility index (Phi) is 7.78. The Morgan fingerprint density at radius 1 is 1.09 bits per heavy atom. The number of hydrogen-bond donors (Lipinski definition) is 2. The SMILES string of the molecule is COC[C@]1(n2cn[nH]c2=O)CC[C@@](CO[C@H](C)c2cc(CF)cc(CF)c2)(c2ccccc2)NC1. The van der Waals surface area contributed by atoms with Crippen LogP contribution in [0.25, 0.3) is 0 Å². The van der Waals surface area contributed by atoms with Crippen molar-refractivity contribution in [3.05, 3.63) is 87.6 Å². The van der Waals surface area contributed by atoms with E-state index in [1.54, 1.807) is 23.8 Å². The van der Waals surface area contributed by atoms with Gasteiger partial charge in [-0.3, -0.25) is 4.57 Å². The Morgan fingerprint density at radius 3 is 2.34 bits per heavy atom. The number of halogens is 2. The molecule has 35 heavy (non-hydrogen) atoms. The minimum atomic E-state index is -0.655. The van der Waals surface area contributed by atoms with Crippen molar-refractivity contribution in [3.8, 4) is 0 Å². The highest BCUT2D eigenvalue weighted by atomic mass is 19.1. The standard InChI is InChI=1S/C26H32F2N4O3/c1-19(22-11-20(13-27)10-21(12-22)14-28)35-17-26(23-6-4-3-5-7-23)9-8-25(15-29-26,16-34-2)32-18-30-31-24(32)33/h3-7,10-12,18-19,29H,8-9,13-17H2,1-2H3,(H,31,33)/t19-,25+,26-/m1/s1. The zero-order valence-corrected chi connectivity index (χ0v) is 20.1. The number of benzene rings is 2. The molecule has 0 spiro atoms. The van der Waals surface area contributed by atoms with Gasteiger partial charge in [-0.25, -0.2) is 18.7 Å². The lowest BCUT2D eigenvalue weighted by molar-refractivity contribution is -0.0245. The number of piperidine rings is 1. The molecular formula is C26H32F2N4O3. The second-order valence-electron chi connectivity index (χ2n) is 9.29. The van der Waals surface area contributed by atoms with Crippen LogP contribution in [0.3, 0.4) is 0 Å². The van der Waals surface area contributed by atoms with Crippen LogP contribution in [0.5, 0.6) is 0 Å². The third kappa shape index (κ3) is 5.22. The van der Waals surface area contributed by atoms with Crippen LogP contribution in [0, 0.1) is 0 Å². The summed E-state index contributed by atoms with van der Waals surface area (Å²) in [4.78, 5) is 12.4. The van der Waals surface area contributed by atoms with Gasteiger partial charge in [0.1, 0.15) is 19.7 Å². The van der Waals surface area contributed by atoms with Crippen LogP contribution in [0.2, 0.25) is 0 Å². The van der Waals surface area contributed by atoms with Crippen LogP contribution in [0.1, 0.15) is 48.1 Å². The number of hydrogen-bond acceptors (Lipinski definition) is 5. The summed E-state index contributed by atoms with van der Waals surface area (Å²) in [7, 11) is 1.62. The second kappa shape index (κ2) is 10.8. The van der Waals surface area contributed by atoms with Crippen molar-refractivity contribution >= 4 is 0 Å². The van der Waals surface area contributed by atoms with Crippen molar-refractivity contribution in [2.45, 2.75) is 50.3 Å². The molecule has 2 aromatic carbocycles. The average Bonchev–Trinajstić information content (AvgIpc) is 3.35. The lowest BCUT2D eigenvalue weighted by Gasteiger charge is -2.47. The van der Waals surface area contributed by atoms with E-state index in [2.05, 4.69) is 27.6 Å². The van der Waals surface area contributed by atoms with Crippen molar-refractivity contribution in [2.24, 2.45) is 0 Å². The van der Waals surface area contributed by atoms with Crippen molar-refractivity contribution < 1.29 is 18.3 Å². The van der Waals surface area contributed by atoms with Crippen LogP contribution >= 0.6 is 0 Å². The molecule has 7 nitrogen and oxygen atoms in total. The molecule has 0 aliphatic carbocycles. The van der Waals surface area contributed by atoms with Gasteiger partial charge >= 0.3 is 5.69 Å². The van der Waals surface area contributed by atoms with Gasteiger partial charge in [0.25, 0.3) is 0 Å². The van der Waals surface area contributed by atoms with E-state index in [1.807, 2.05) is 25.1 Å². The number of aromatic nitrogens is 3. The molecule has 1 aliphatic heterocycles. The highest BCUT2D eigenvalue weighted by Crippen LogP contribution is 2.38. The number of H-pyrrole nitrogens is 1. The molecule has 188 valence electrons. The van der Waals surface area contributed by atoms with E-state index in [0.29, 0.717) is 43.7 Å². The third-order valence-electron chi connectivity index (χ3n) is 7.01. The first-order valence-electron chi connectivity index (χ1n) is 11.7. The van der Waals surface area contributed by atoms with Gasteiger partial charge in [-0.1, -0.05) is 48.5 Å². The van der Waals surface area contributed by atoms with Crippen LogP contribution in [0.15, 0.2) is 59.7 Å². The molecule has 1 aliphatic rings. The van der Waals surface area contributed by atoms with Crippen LogP contribution in [0.4, 0.5) is 8.78 Å². The monoisotopic (exact) mass is 486 g/mol. The number of ether oxygens (including phenoxy) is 2. The summed E-state index contributed by atoms with van der Waals surface area (Å²) < 4.78 is 40.1. The molecule has 0 radical (unpaired) electrons. The summed E-state index contributed by atoms with van der Waals surface area (Å²) in [5, 5.41) is 10.0. The summed E-state index contributed by atoms with van der Waals surface area (Å²) in [6, 6.07) is 15.0. The molecule has 0 bridgehead atoms. The van der Waals surface area contributed by atoms with E-state index in [9.17, 15) is 13.6 Å². The quantitative estimate of drug-likeness (QED) is 0.454. The van der Waals surface area contributed by atoms with Gasteiger partial charge in [0.2, 0.25) is 0 Å². The highest BCUT2D eigenvalue weighted by Gasteiger charge is 2.45. The Hall–Kier alpha value is -2.88. The molecule has 9 heteroatoms. The molecular weight excluding hydrogens is 454 g/mol. The summed E-state index contributed by atoms with van der Waals surface area (Å²) >= 11 is 0. The number of nitrogens with zero attached hydrogens (tertiary/aromatic N) is 2. The predicted molar refractivity (Wildman–Crippen MR) is 128 cm³/mol. The Labute approximate surface area is 203 Å². The van der Waals surface area contributed by atoms with Gasteiger partial charge in [0.15, 0.2) is 0 Å². The third-order valence-corrected chi connectivity index (χ3v) is 7.01. The summed E-state index contributed by atoms with van der Waals surface area (Å²) in [6.07, 6.45) is 2.47. The van der Waals surface area contributed by atoms with Gasteiger partial charge in [-0.05, 0) is 42.0 Å². The first-order valence-corrected chi connectivity index (χ1v) is 11.7. The molecule has 2 N–H and O–H groups in total. The van der Waals surface area contributed by atoms with Gasteiger partial charge in [0, 0.05) is 13.7 Å². The normalized spacial score (nSPS) is 23.3. The number of methoxy groups -OCH3 is 1. The summed E-state index contributed by atoms with van der Waals surface area (Å²) in [5.74, 6) is 0. The van der Waals surface area contributed by atoms with E-state index in [4.69, 9.17) is 9.47 Å². The number of alkyl halides is 2. The predicted octanol–water partition coefficient (Wildman–Crippen LogP) is 3.91. The molecule has 2 heterocycles. The molecule has 0 unspecified atom stereocenters. The molecule has 3 aromatic rings. The minimum absolute atomic E-state index is 0.280. The van der Waals surface area contributed by atoms with Gasteiger partial charge in [0.05, 0.1) is 30.4 Å². The number of rotatable bonds is 10. The summed E-state index contributed by atoms with van der Waals surface area (Å²) in [6.45, 7) is 1.74. The first-order chi connectivity index (χ1) is 16.9. The average molecular weight is 487 g/mol. The van der Waals surface area contributed by atoms with E-state index in [0.717, 1.165) is 11.1 Å². The highest BCUT2D eigenvalue weighted by molar-refractivity contribution is 5.31. The molecule has 1 fully saturated rings. The molecule has 3 atom stereocenters. The maximum absolute atomic E-state index is 13.3. The fourth-order valence-corrected chi connectivity index (χ4v) is 4.96. The molecule has 0 amide bonds. The fourth-order valence-electron chi connectivity index (χ4n) is 4.96. The maximum Gasteiger partial charge on any atom is 0.343 e. The smallest absolute Gasteiger partial charge is 0.343 e. The van der Waals surface area contributed by atoms with Crippen LogP contribution in [-0.4, -0.2) is 41.6 Å². The topological polar surface area (TPSA) is 81.2 Å². The molecule has 0 saturated carbocycles.